The SMILES string of the molecule is CCCCCCCCCCCCCCCC([C+]1N=CC=N1)C(CCCCCCCCCC)Cc1ccccc1. The molecule has 2 unspecified atom stereocenters. The summed E-state index contributed by atoms with van der Waals surface area (Å²) in [6.45, 7) is 4.61. The van der Waals surface area contributed by atoms with E-state index in [1.54, 1.807) is 0 Å². The Kier molecular flexibility index (Phi) is 20.9. The Balaban J connectivity index is 1.73. The Morgan fingerprint density at radius 1 is 0.513 bits per heavy atom. The van der Waals surface area contributed by atoms with E-state index in [4.69, 9.17) is 9.98 Å². The standard InChI is InChI=1S/C37H63N2/c1-3-5-7-9-11-13-14-15-16-17-19-21-26-30-36(37-38-31-32-39-37)35(33-34-27-23-22-24-28-34)29-25-20-18-12-10-8-6-4-2/h22-24,27-28,31-32,35-36H,3-21,25-26,29-30,33H2,1-2H3/q+1. The van der Waals surface area contributed by atoms with Crippen LogP contribution < -0.4 is 0 Å². The highest BCUT2D eigenvalue weighted by Crippen LogP contribution is 2.37. The van der Waals surface area contributed by atoms with Crippen LogP contribution >= 0.6 is 0 Å². The molecule has 0 aromatic heterocycles. The first-order valence-corrected chi connectivity index (χ1v) is 17.3. The van der Waals surface area contributed by atoms with Crippen LogP contribution in [0.15, 0.2) is 40.3 Å². The van der Waals surface area contributed by atoms with Gasteiger partial charge in [-0.1, -0.05) is 189 Å². The van der Waals surface area contributed by atoms with Crippen molar-refractivity contribution < 1.29 is 0 Å². The second-order valence-electron chi connectivity index (χ2n) is 12.3. The van der Waals surface area contributed by atoms with Gasteiger partial charge in [-0.15, -0.1) is 0 Å². The number of hydrogen-bond acceptors (Lipinski definition) is 2. The molecule has 2 heteroatoms. The van der Waals surface area contributed by atoms with Gasteiger partial charge >= 0.3 is 0 Å². The molecule has 0 bridgehead atoms. The highest BCUT2D eigenvalue weighted by Gasteiger charge is 2.35. The Hall–Kier alpha value is -1.57. The highest BCUT2D eigenvalue weighted by atomic mass is 15.0. The van der Waals surface area contributed by atoms with Gasteiger partial charge in [0, 0.05) is 0 Å². The van der Waals surface area contributed by atoms with E-state index >= 15 is 0 Å². The molecule has 2 rings (SSSR count). The molecule has 1 aromatic carbocycles. The van der Waals surface area contributed by atoms with Crippen LogP contribution in [-0.2, 0) is 6.42 Å². The first kappa shape index (κ1) is 33.6. The van der Waals surface area contributed by atoms with Crippen molar-refractivity contribution >= 4 is 12.4 Å². The number of unbranched alkanes of at least 4 members (excludes halogenated alkanes) is 19. The molecule has 220 valence electrons. The molecule has 1 aliphatic rings. The summed E-state index contributed by atoms with van der Waals surface area (Å²) in [5.74, 6) is 1.14. The average molecular weight is 536 g/mol. The van der Waals surface area contributed by atoms with Crippen molar-refractivity contribution in [3.05, 3.63) is 42.1 Å². The zero-order valence-corrected chi connectivity index (χ0v) is 26.1. The van der Waals surface area contributed by atoms with Gasteiger partial charge in [0.2, 0.25) is 6.17 Å². The molecule has 1 aromatic rings. The maximum absolute atomic E-state index is 4.73. The summed E-state index contributed by atoms with van der Waals surface area (Å²) in [5, 5.41) is 0. The molecular formula is C37H63N2+. The van der Waals surface area contributed by atoms with Crippen LogP contribution in [0.5, 0.6) is 0 Å². The fraction of sp³-hybridized carbons (Fsp3) is 0.757. The van der Waals surface area contributed by atoms with E-state index in [0.29, 0.717) is 11.8 Å². The maximum atomic E-state index is 4.73. The largest absolute Gasteiger partial charge is 0.244 e. The number of hydrogen-bond donors (Lipinski definition) is 0. The van der Waals surface area contributed by atoms with Gasteiger partial charge < -0.3 is 0 Å². The monoisotopic (exact) mass is 535 g/mol. The van der Waals surface area contributed by atoms with Gasteiger partial charge in [-0.05, 0) is 30.7 Å². The van der Waals surface area contributed by atoms with Gasteiger partial charge in [0.05, 0.1) is 5.92 Å². The quantitative estimate of drug-likeness (QED) is 0.0790. The lowest BCUT2D eigenvalue weighted by Gasteiger charge is -2.26. The molecule has 0 N–H and O–H groups in total. The van der Waals surface area contributed by atoms with E-state index in [-0.39, 0.29) is 0 Å². The van der Waals surface area contributed by atoms with E-state index in [2.05, 4.69) is 44.2 Å². The number of rotatable bonds is 27. The van der Waals surface area contributed by atoms with Crippen LogP contribution in [0.4, 0.5) is 0 Å². The first-order chi connectivity index (χ1) is 19.3. The van der Waals surface area contributed by atoms with Gasteiger partial charge in [0.15, 0.2) is 12.4 Å². The van der Waals surface area contributed by atoms with Crippen molar-refractivity contribution in [3.8, 4) is 0 Å². The molecule has 0 aliphatic carbocycles. The third-order valence-corrected chi connectivity index (χ3v) is 8.77. The lowest BCUT2D eigenvalue weighted by Crippen LogP contribution is -2.22. The van der Waals surface area contributed by atoms with Crippen molar-refractivity contribution in [1.82, 2.24) is 0 Å². The van der Waals surface area contributed by atoms with Crippen molar-refractivity contribution in [2.75, 3.05) is 0 Å². The molecule has 2 atom stereocenters. The minimum absolute atomic E-state index is 0.498. The van der Waals surface area contributed by atoms with Gasteiger partial charge in [0.1, 0.15) is 0 Å². The third-order valence-electron chi connectivity index (χ3n) is 8.77. The molecule has 0 spiro atoms. The Labute approximate surface area is 244 Å². The van der Waals surface area contributed by atoms with Crippen molar-refractivity contribution in [3.63, 3.8) is 0 Å². The fourth-order valence-corrected chi connectivity index (χ4v) is 6.30. The summed E-state index contributed by atoms with van der Waals surface area (Å²) in [7, 11) is 0. The van der Waals surface area contributed by atoms with E-state index in [1.807, 2.05) is 12.4 Å². The van der Waals surface area contributed by atoms with Crippen LogP contribution in [0.3, 0.4) is 0 Å². The van der Waals surface area contributed by atoms with Crippen molar-refractivity contribution in [1.29, 1.82) is 0 Å². The lowest BCUT2D eigenvalue weighted by atomic mass is 9.78. The minimum Gasteiger partial charge on any atom is -0.0965 e. The molecular weight excluding hydrogens is 472 g/mol. The summed E-state index contributed by atoms with van der Waals surface area (Å²) in [6, 6.07) is 11.2. The zero-order valence-electron chi connectivity index (χ0n) is 26.1. The normalized spacial score (nSPS) is 14.4. The molecule has 0 radical (unpaired) electrons. The third kappa shape index (κ3) is 17.0. The Bertz CT molecular complexity index is 697. The molecule has 0 amide bonds. The van der Waals surface area contributed by atoms with Gasteiger partial charge in [0.25, 0.3) is 0 Å². The topological polar surface area (TPSA) is 24.7 Å². The minimum atomic E-state index is 0.498. The van der Waals surface area contributed by atoms with Gasteiger partial charge in [-0.2, -0.15) is 0 Å². The number of benzene rings is 1. The van der Waals surface area contributed by atoms with Crippen LogP contribution in [0, 0.1) is 18.0 Å². The summed E-state index contributed by atoms with van der Waals surface area (Å²) in [4.78, 5) is 9.47. The summed E-state index contributed by atoms with van der Waals surface area (Å²) in [6.07, 6.45) is 38.1. The van der Waals surface area contributed by atoms with Crippen molar-refractivity contribution in [2.45, 2.75) is 168 Å². The van der Waals surface area contributed by atoms with Crippen LogP contribution in [0.2, 0.25) is 0 Å². The maximum Gasteiger partial charge on any atom is 0.244 e. The number of nitrogens with zero attached hydrogens (tertiary/aromatic N) is 2. The molecule has 39 heavy (non-hydrogen) atoms. The van der Waals surface area contributed by atoms with E-state index < -0.39 is 0 Å². The molecule has 1 aliphatic heterocycles. The predicted molar refractivity (Wildman–Crippen MR) is 175 cm³/mol. The summed E-state index contributed by atoms with van der Waals surface area (Å²) < 4.78 is 0. The Morgan fingerprint density at radius 3 is 1.38 bits per heavy atom. The first-order valence-electron chi connectivity index (χ1n) is 17.3. The van der Waals surface area contributed by atoms with Gasteiger partial charge in [-0.25, -0.2) is 0 Å². The second kappa shape index (κ2) is 24.2. The molecule has 0 saturated carbocycles. The van der Waals surface area contributed by atoms with Crippen LogP contribution in [0.1, 0.15) is 167 Å². The van der Waals surface area contributed by atoms with Crippen LogP contribution in [-0.4, -0.2) is 12.4 Å². The Morgan fingerprint density at radius 2 is 0.923 bits per heavy atom. The molecule has 0 saturated heterocycles. The summed E-state index contributed by atoms with van der Waals surface area (Å²) in [5.41, 5.74) is 1.48. The van der Waals surface area contributed by atoms with Crippen LogP contribution in [0.25, 0.3) is 0 Å². The number of aliphatic imine (C=N–C) groups is 2. The highest BCUT2D eigenvalue weighted by molar-refractivity contribution is 6.18. The second-order valence-corrected chi connectivity index (χ2v) is 12.3. The van der Waals surface area contributed by atoms with E-state index in [0.717, 1.165) is 12.6 Å². The van der Waals surface area contributed by atoms with E-state index in [9.17, 15) is 0 Å². The summed E-state index contributed by atoms with van der Waals surface area (Å²) >= 11 is 0. The molecule has 2 nitrogen and oxygen atoms in total. The lowest BCUT2D eigenvalue weighted by molar-refractivity contribution is 0.284. The predicted octanol–water partition coefficient (Wildman–Crippen LogP) is 12.1. The average Bonchev–Trinajstić information content (AvgIpc) is 3.49. The molecule has 0 fully saturated rings. The van der Waals surface area contributed by atoms with Crippen molar-refractivity contribution in [2.24, 2.45) is 21.8 Å². The zero-order chi connectivity index (χ0) is 27.6. The van der Waals surface area contributed by atoms with Gasteiger partial charge in [-0.3, -0.25) is 0 Å². The smallest absolute Gasteiger partial charge is 0.0965 e. The molecule has 1 heterocycles. The van der Waals surface area contributed by atoms with E-state index in [1.165, 1.54) is 153 Å². The fourth-order valence-electron chi connectivity index (χ4n) is 6.30.